The van der Waals surface area contributed by atoms with Crippen LogP contribution in [-0.4, -0.2) is 23.4 Å². The van der Waals surface area contributed by atoms with Crippen LogP contribution in [0.5, 0.6) is 0 Å². The van der Waals surface area contributed by atoms with E-state index >= 15 is 0 Å². The Hall–Kier alpha value is -2.62. The van der Waals surface area contributed by atoms with Crippen LogP contribution < -0.4 is 0 Å². The third kappa shape index (κ3) is 3.79. The molecule has 0 unspecified atom stereocenters. The van der Waals surface area contributed by atoms with Gasteiger partial charge in [-0.3, -0.25) is 4.79 Å². The molecule has 1 amide bonds. The summed E-state index contributed by atoms with van der Waals surface area (Å²) in [7, 11) is 0. The predicted molar refractivity (Wildman–Crippen MR) is 105 cm³/mol. The molecule has 1 aliphatic heterocycles. The van der Waals surface area contributed by atoms with Crippen LogP contribution in [0.3, 0.4) is 0 Å². The Morgan fingerprint density at radius 3 is 1.96 bits per heavy atom. The summed E-state index contributed by atoms with van der Waals surface area (Å²) in [6, 6.07) is 17.2. The van der Waals surface area contributed by atoms with Crippen molar-refractivity contribution in [1.29, 1.82) is 0 Å². The molecule has 1 aliphatic rings. The highest BCUT2D eigenvalue weighted by molar-refractivity contribution is 5.93. The van der Waals surface area contributed by atoms with E-state index in [2.05, 4.69) is 46.3 Å². The lowest BCUT2D eigenvalue weighted by molar-refractivity contribution is -0.125. The minimum absolute atomic E-state index is 0.174. The van der Waals surface area contributed by atoms with Crippen LogP contribution in [0.2, 0.25) is 0 Å². The third-order valence-corrected chi connectivity index (χ3v) is 4.43. The summed E-state index contributed by atoms with van der Waals surface area (Å²) in [5.41, 5.74) is 4.32. The van der Waals surface area contributed by atoms with E-state index in [1.165, 1.54) is 22.3 Å². The minimum Gasteiger partial charge on any atom is -0.465 e. The van der Waals surface area contributed by atoms with Gasteiger partial charge in [-0.1, -0.05) is 69.3 Å². The molecule has 0 saturated carbocycles. The Bertz CT molecular complexity index is 787. The molecule has 26 heavy (non-hydrogen) atoms. The normalized spacial score (nSPS) is 14.3. The summed E-state index contributed by atoms with van der Waals surface area (Å²) in [6.07, 6.45) is 0. The maximum atomic E-state index is 12.5. The number of amidine groups is 1. The average molecular weight is 350 g/mol. The van der Waals surface area contributed by atoms with E-state index in [4.69, 9.17) is 4.74 Å². The third-order valence-electron chi connectivity index (χ3n) is 4.43. The number of rotatable bonds is 1. The number of ether oxygens (including phenoxy) is 1. The van der Waals surface area contributed by atoms with Crippen molar-refractivity contribution in [3.63, 3.8) is 0 Å². The molecule has 0 aromatic heterocycles. The van der Waals surface area contributed by atoms with Gasteiger partial charge in [0, 0.05) is 18.5 Å². The quantitative estimate of drug-likeness (QED) is 0.556. The Morgan fingerprint density at radius 2 is 1.50 bits per heavy atom. The van der Waals surface area contributed by atoms with E-state index in [0.29, 0.717) is 25.7 Å². The second kappa shape index (κ2) is 7.32. The van der Waals surface area contributed by atoms with Crippen LogP contribution in [0, 0.1) is 5.41 Å². The highest BCUT2D eigenvalue weighted by atomic mass is 16.5. The van der Waals surface area contributed by atoms with Crippen LogP contribution in [0.4, 0.5) is 0 Å². The maximum absolute atomic E-state index is 12.5. The number of nitrogens with zero attached hydrogens (tertiary/aromatic N) is 2. The van der Waals surface area contributed by atoms with E-state index in [-0.39, 0.29) is 5.91 Å². The molecular formula is C22H26N2O2. The molecule has 0 atom stereocenters. The number of hydrogen-bond donors (Lipinski definition) is 0. The highest BCUT2D eigenvalue weighted by Gasteiger charge is 2.26. The number of benzene rings is 2. The number of carbonyl (C=O) groups is 1. The smallest absolute Gasteiger partial charge is 0.295 e. The van der Waals surface area contributed by atoms with E-state index in [9.17, 15) is 4.79 Å². The van der Waals surface area contributed by atoms with Crippen LogP contribution in [0.1, 0.15) is 38.8 Å². The monoisotopic (exact) mass is 350 g/mol. The Morgan fingerprint density at radius 1 is 1.00 bits per heavy atom. The van der Waals surface area contributed by atoms with Crippen LogP contribution in [-0.2, 0) is 22.6 Å². The first-order valence-corrected chi connectivity index (χ1v) is 9.07. The first-order chi connectivity index (χ1) is 12.4. The summed E-state index contributed by atoms with van der Waals surface area (Å²) in [5.74, 6) is -0.174. The second-order valence-corrected chi connectivity index (χ2v) is 7.55. The standard InChI is InChI=1S/C22H26N2O2/c1-5-26-21(23-20(25)22(2,3)4)24-14-16-10-6-8-12-18(16)19-13-9-7-11-17(19)15-24/h6-13H,5,14-15H2,1-4H3. The SMILES string of the molecule is CCOC(=NC(=O)C(C)(C)C)N1Cc2ccccc2-c2ccccc2C1. The average Bonchev–Trinajstić information content (AvgIpc) is 2.77. The van der Waals surface area contributed by atoms with Crippen LogP contribution in [0.25, 0.3) is 11.1 Å². The van der Waals surface area contributed by atoms with E-state index in [1.807, 2.05) is 39.8 Å². The van der Waals surface area contributed by atoms with Crippen molar-refractivity contribution < 1.29 is 9.53 Å². The topological polar surface area (TPSA) is 41.9 Å². The van der Waals surface area contributed by atoms with E-state index in [0.717, 1.165) is 0 Å². The first-order valence-electron chi connectivity index (χ1n) is 9.07. The zero-order chi connectivity index (χ0) is 18.7. The molecular weight excluding hydrogens is 324 g/mol. The van der Waals surface area contributed by atoms with Gasteiger partial charge in [0.05, 0.1) is 6.61 Å². The molecule has 2 aromatic rings. The highest BCUT2D eigenvalue weighted by Crippen LogP contribution is 2.32. The number of hydrogen-bond acceptors (Lipinski definition) is 2. The molecule has 3 rings (SSSR count). The molecule has 0 spiro atoms. The van der Waals surface area contributed by atoms with Crippen molar-refractivity contribution >= 4 is 11.9 Å². The van der Waals surface area contributed by atoms with Gasteiger partial charge >= 0.3 is 0 Å². The van der Waals surface area contributed by atoms with Gasteiger partial charge in [0.25, 0.3) is 11.9 Å². The molecule has 0 bridgehead atoms. The molecule has 4 nitrogen and oxygen atoms in total. The van der Waals surface area contributed by atoms with Gasteiger partial charge in [-0.15, -0.1) is 0 Å². The molecule has 0 fully saturated rings. The van der Waals surface area contributed by atoms with Gasteiger partial charge in [0.15, 0.2) is 0 Å². The van der Waals surface area contributed by atoms with Crippen molar-refractivity contribution in [1.82, 2.24) is 4.90 Å². The number of aliphatic imine (C=N–C) groups is 1. The fourth-order valence-corrected chi connectivity index (χ4v) is 3.02. The fourth-order valence-electron chi connectivity index (χ4n) is 3.02. The van der Waals surface area contributed by atoms with Gasteiger partial charge < -0.3 is 9.64 Å². The summed E-state index contributed by atoms with van der Waals surface area (Å²) in [6.45, 7) is 9.30. The molecule has 0 aliphatic carbocycles. The summed E-state index contributed by atoms with van der Waals surface area (Å²) in [5, 5.41) is 0. The lowest BCUT2D eigenvalue weighted by Crippen LogP contribution is -2.33. The predicted octanol–water partition coefficient (Wildman–Crippen LogP) is 4.63. The first kappa shape index (κ1) is 18.2. The lowest BCUT2D eigenvalue weighted by atomic mass is 9.96. The summed E-state index contributed by atoms with van der Waals surface area (Å²) < 4.78 is 5.79. The molecule has 4 heteroatoms. The van der Waals surface area contributed by atoms with Crippen LogP contribution in [0.15, 0.2) is 53.5 Å². The van der Waals surface area contributed by atoms with Crippen molar-refractivity contribution in [3.05, 3.63) is 59.7 Å². The van der Waals surface area contributed by atoms with Gasteiger partial charge in [-0.05, 0) is 29.2 Å². The van der Waals surface area contributed by atoms with Gasteiger partial charge in [-0.25, -0.2) is 0 Å². The van der Waals surface area contributed by atoms with Gasteiger partial charge in [0.1, 0.15) is 0 Å². The summed E-state index contributed by atoms with van der Waals surface area (Å²) >= 11 is 0. The Kier molecular flexibility index (Phi) is 5.12. The fraction of sp³-hybridized carbons (Fsp3) is 0.364. The van der Waals surface area contributed by atoms with Crippen molar-refractivity contribution in [2.24, 2.45) is 10.4 Å². The molecule has 136 valence electrons. The lowest BCUT2D eigenvalue weighted by Gasteiger charge is -2.25. The minimum atomic E-state index is -0.538. The molecule has 2 aromatic carbocycles. The Balaban J connectivity index is 2.05. The van der Waals surface area contributed by atoms with Crippen molar-refractivity contribution in [2.75, 3.05) is 6.61 Å². The van der Waals surface area contributed by atoms with E-state index in [1.54, 1.807) is 0 Å². The molecule has 1 heterocycles. The number of amides is 1. The van der Waals surface area contributed by atoms with Gasteiger partial charge in [-0.2, -0.15) is 4.99 Å². The molecule has 0 N–H and O–H groups in total. The van der Waals surface area contributed by atoms with Crippen molar-refractivity contribution in [3.8, 4) is 11.1 Å². The number of fused-ring (bicyclic) bond motifs is 3. The zero-order valence-corrected chi connectivity index (χ0v) is 16.0. The Labute approximate surface area is 155 Å². The van der Waals surface area contributed by atoms with E-state index < -0.39 is 5.41 Å². The molecule has 0 radical (unpaired) electrons. The maximum Gasteiger partial charge on any atom is 0.295 e. The van der Waals surface area contributed by atoms with Crippen molar-refractivity contribution in [2.45, 2.75) is 40.8 Å². The number of carbonyl (C=O) groups excluding carboxylic acids is 1. The largest absolute Gasteiger partial charge is 0.465 e. The second-order valence-electron chi connectivity index (χ2n) is 7.55. The van der Waals surface area contributed by atoms with Crippen LogP contribution >= 0.6 is 0 Å². The zero-order valence-electron chi connectivity index (χ0n) is 16.0. The summed E-state index contributed by atoms with van der Waals surface area (Å²) in [4.78, 5) is 18.9. The van der Waals surface area contributed by atoms with Gasteiger partial charge in [0.2, 0.25) is 0 Å². The molecule has 0 saturated heterocycles.